The lowest BCUT2D eigenvalue weighted by molar-refractivity contribution is 0.660. The lowest BCUT2D eigenvalue weighted by Crippen LogP contribution is -2.36. The van der Waals surface area contributed by atoms with E-state index < -0.39 is 0 Å². The van der Waals surface area contributed by atoms with Crippen molar-refractivity contribution < 1.29 is 0 Å². The van der Waals surface area contributed by atoms with Gasteiger partial charge in [0.2, 0.25) is 0 Å². The predicted molar refractivity (Wildman–Crippen MR) is 238 cm³/mol. The van der Waals surface area contributed by atoms with E-state index in [4.69, 9.17) is 0 Å². The maximum Gasteiger partial charge on any atom is 0.0726 e. The van der Waals surface area contributed by atoms with Crippen LogP contribution in [0.3, 0.4) is 0 Å². The van der Waals surface area contributed by atoms with Gasteiger partial charge in [0.1, 0.15) is 0 Å². The lowest BCUT2D eigenvalue weighted by atomic mass is 9.57. The second kappa shape index (κ2) is 11.8. The van der Waals surface area contributed by atoms with Crippen LogP contribution in [0.25, 0.3) is 55.3 Å². The highest BCUT2D eigenvalue weighted by molar-refractivity contribution is 6.06. The average molecular weight is 726 g/mol. The number of hydrogen-bond acceptors (Lipinski definition) is 1. The van der Waals surface area contributed by atoms with Gasteiger partial charge < -0.3 is 4.90 Å². The number of benzene rings is 9. The summed E-state index contributed by atoms with van der Waals surface area (Å²) >= 11 is 0. The summed E-state index contributed by atoms with van der Waals surface area (Å²) in [4.78, 5) is 2.49. The zero-order valence-electron chi connectivity index (χ0n) is 32.0. The quantitative estimate of drug-likeness (QED) is 0.171. The van der Waals surface area contributed by atoms with Crippen LogP contribution >= 0.6 is 0 Å². The van der Waals surface area contributed by atoms with E-state index in [0.29, 0.717) is 0 Å². The molecule has 1 heteroatoms. The molecule has 0 heterocycles. The maximum atomic E-state index is 2.51. The normalized spacial score (nSPS) is 14.4. The van der Waals surface area contributed by atoms with Gasteiger partial charge in [-0.3, -0.25) is 0 Å². The summed E-state index contributed by atoms with van der Waals surface area (Å²) < 4.78 is 0. The van der Waals surface area contributed by atoms with E-state index in [9.17, 15) is 0 Å². The van der Waals surface area contributed by atoms with Crippen LogP contribution in [0, 0.1) is 0 Å². The molecule has 3 aliphatic carbocycles. The van der Waals surface area contributed by atoms with Crippen LogP contribution < -0.4 is 4.90 Å². The SMILES string of the molecule is CC1(C)c2ccccc2-c2ccc(N(c3cccc(-c4ccccc4)c3)c3ccc4c(c3)C3(c5cc(-c6ccccc6)ccc5-4)c4cccc5cccc3c45)cc21. The number of fused-ring (bicyclic) bond motifs is 10. The van der Waals surface area contributed by atoms with Gasteiger partial charge in [0.25, 0.3) is 0 Å². The Morgan fingerprint density at radius 3 is 1.47 bits per heavy atom. The molecule has 0 unspecified atom stereocenters. The Morgan fingerprint density at radius 2 is 0.789 bits per heavy atom. The summed E-state index contributed by atoms with van der Waals surface area (Å²) in [5.74, 6) is 0. The molecule has 0 saturated heterocycles. The Hall–Kier alpha value is -6.96. The standard InChI is InChI=1S/C56H39N/c1-55(2)48-23-10-9-22-44(48)45-30-27-42(34-51(45)55)57(41-21-11-20-39(32-41)36-14-5-3-6-15-36)43-28-31-47-46-29-26-40(37-16-7-4-8-17-37)33-52(46)56(53(47)35-43)49-24-12-18-38-19-13-25-50(56)54(38)49/h3-35H,1-2H3. The summed E-state index contributed by atoms with van der Waals surface area (Å²) in [5, 5.41) is 2.70. The van der Waals surface area contributed by atoms with E-state index in [0.717, 1.165) is 17.1 Å². The molecule has 9 aromatic rings. The first-order valence-electron chi connectivity index (χ1n) is 20.1. The van der Waals surface area contributed by atoms with Gasteiger partial charge in [-0.2, -0.15) is 0 Å². The van der Waals surface area contributed by atoms with Crippen molar-refractivity contribution in [2.75, 3.05) is 4.90 Å². The molecule has 1 spiro atoms. The molecule has 0 N–H and O–H groups in total. The highest BCUT2D eigenvalue weighted by atomic mass is 15.1. The van der Waals surface area contributed by atoms with Gasteiger partial charge in [-0.1, -0.05) is 172 Å². The molecule has 0 aromatic heterocycles. The fourth-order valence-electron chi connectivity index (χ4n) is 10.6. The minimum Gasteiger partial charge on any atom is -0.310 e. The topological polar surface area (TPSA) is 3.24 Å². The van der Waals surface area contributed by atoms with Crippen molar-refractivity contribution in [3.8, 4) is 44.5 Å². The zero-order valence-corrected chi connectivity index (χ0v) is 32.0. The van der Waals surface area contributed by atoms with Crippen LogP contribution in [0.1, 0.15) is 47.2 Å². The highest BCUT2D eigenvalue weighted by Crippen LogP contribution is 2.65. The van der Waals surface area contributed by atoms with Crippen molar-refractivity contribution in [2.24, 2.45) is 0 Å². The van der Waals surface area contributed by atoms with Crippen LogP contribution in [0.5, 0.6) is 0 Å². The first-order valence-corrected chi connectivity index (χ1v) is 20.1. The van der Waals surface area contributed by atoms with Crippen molar-refractivity contribution in [2.45, 2.75) is 24.7 Å². The largest absolute Gasteiger partial charge is 0.310 e. The van der Waals surface area contributed by atoms with Gasteiger partial charge in [-0.15, -0.1) is 0 Å². The van der Waals surface area contributed by atoms with Crippen LogP contribution in [0.2, 0.25) is 0 Å². The maximum absolute atomic E-state index is 2.51. The van der Waals surface area contributed by atoms with Crippen LogP contribution in [-0.4, -0.2) is 0 Å². The van der Waals surface area contributed by atoms with Gasteiger partial charge in [0.05, 0.1) is 5.41 Å². The molecular weight excluding hydrogens is 687 g/mol. The monoisotopic (exact) mass is 725 g/mol. The molecule has 0 atom stereocenters. The third-order valence-corrected chi connectivity index (χ3v) is 13.2. The first kappa shape index (κ1) is 32.3. The van der Waals surface area contributed by atoms with Crippen molar-refractivity contribution in [1.29, 1.82) is 0 Å². The van der Waals surface area contributed by atoms with Crippen molar-refractivity contribution >= 4 is 27.8 Å². The smallest absolute Gasteiger partial charge is 0.0726 e. The molecule has 9 aromatic carbocycles. The third-order valence-electron chi connectivity index (χ3n) is 13.2. The van der Waals surface area contributed by atoms with Crippen LogP contribution in [0.4, 0.5) is 17.1 Å². The highest BCUT2D eigenvalue weighted by Gasteiger charge is 2.53. The van der Waals surface area contributed by atoms with E-state index in [1.54, 1.807) is 0 Å². The van der Waals surface area contributed by atoms with E-state index in [2.05, 4.69) is 219 Å². The van der Waals surface area contributed by atoms with Crippen molar-refractivity contribution in [3.05, 3.63) is 234 Å². The summed E-state index contributed by atoms with van der Waals surface area (Å²) in [6.45, 7) is 4.74. The van der Waals surface area contributed by atoms with E-state index >= 15 is 0 Å². The minimum absolute atomic E-state index is 0.117. The molecule has 0 radical (unpaired) electrons. The molecule has 0 fully saturated rings. The molecule has 3 aliphatic rings. The second-order valence-electron chi connectivity index (χ2n) is 16.5. The Balaban J connectivity index is 1.10. The third kappa shape index (κ3) is 4.40. The fraction of sp³-hybridized carbons (Fsp3) is 0.0714. The molecule has 1 nitrogen and oxygen atoms in total. The molecule has 0 amide bonds. The summed E-state index contributed by atoms with van der Waals surface area (Å²) in [7, 11) is 0. The Kier molecular flexibility index (Phi) is 6.67. The zero-order chi connectivity index (χ0) is 37.9. The number of nitrogens with zero attached hydrogens (tertiary/aromatic N) is 1. The summed E-state index contributed by atoms with van der Waals surface area (Å²) in [5.41, 5.74) is 21.4. The minimum atomic E-state index is -0.374. The van der Waals surface area contributed by atoms with Crippen molar-refractivity contribution in [1.82, 2.24) is 0 Å². The van der Waals surface area contributed by atoms with Gasteiger partial charge in [0.15, 0.2) is 0 Å². The first-order chi connectivity index (χ1) is 28.0. The molecule has 12 rings (SSSR count). The summed E-state index contributed by atoms with van der Waals surface area (Å²) in [6.07, 6.45) is 0. The molecule has 0 saturated carbocycles. The van der Waals surface area contributed by atoms with E-state index in [-0.39, 0.29) is 10.8 Å². The van der Waals surface area contributed by atoms with Gasteiger partial charge in [-0.05, 0) is 131 Å². The van der Waals surface area contributed by atoms with Crippen molar-refractivity contribution in [3.63, 3.8) is 0 Å². The molecule has 0 aliphatic heterocycles. The number of rotatable bonds is 5. The van der Waals surface area contributed by atoms with Gasteiger partial charge >= 0.3 is 0 Å². The molecule has 0 bridgehead atoms. The molecule has 57 heavy (non-hydrogen) atoms. The lowest BCUT2D eigenvalue weighted by Gasteiger charge is -2.44. The van der Waals surface area contributed by atoms with Crippen LogP contribution in [-0.2, 0) is 10.8 Å². The van der Waals surface area contributed by atoms with Gasteiger partial charge in [0, 0.05) is 22.5 Å². The number of hydrogen-bond donors (Lipinski definition) is 0. The average Bonchev–Trinajstić information content (AvgIpc) is 3.70. The van der Waals surface area contributed by atoms with E-state index in [1.807, 2.05) is 0 Å². The summed E-state index contributed by atoms with van der Waals surface area (Å²) in [6, 6.07) is 74.8. The molecule has 268 valence electrons. The predicted octanol–water partition coefficient (Wildman–Crippen LogP) is 14.6. The Morgan fingerprint density at radius 1 is 0.316 bits per heavy atom. The van der Waals surface area contributed by atoms with Gasteiger partial charge in [-0.25, -0.2) is 0 Å². The van der Waals surface area contributed by atoms with E-state index in [1.165, 1.54) is 88.7 Å². The second-order valence-corrected chi connectivity index (χ2v) is 16.5. The fourth-order valence-corrected chi connectivity index (χ4v) is 10.6. The van der Waals surface area contributed by atoms with Crippen LogP contribution in [0.15, 0.2) is 200 Å². The Labute approximate surface area is 334 Å². The molecular formula is C56H39N. The Bertz CT molecular complexity index is 3060. The number of anilines is 3.